The number of rotatable bonds is 3. The molecule has 2 fully saturated rings. The smallest absolute Gasteiger partial charge is 0.139 e. The van der Waals surface area contributed by atoms with Crippen LogP contribution in [0.1, 0.15) is 51.9 Å². The van der Waals surface area contributed by atoms with Crippen molar-refractivity contribution in [1.82, 2.24) is 0 Å². The molecule has 1 nitrogen and oxygen atoms in total. The molecule has 0 aliphatic heterocycles. The first-order valence-electron chi connectivity index (χ1n) is 5.83. The lowest BCUT2D eigenvalue weighted by Gasteiger charge is -2.26. The Hall–Kier alpha value is -0.330. The number of carbonyl (C=O) groups is 1. The van der Waals surface area contributed by atoms with Gasteiger partial charge in [0.2, 0.25) is 0 Å². The van der Waals surface area contributed by atoms with Crippen molar-refractivity contribution in [2.24, 2.45) is 17.8 Å². The van der Waals surface area contributed by atoms with Crippen molar-refractivity contribution in [3.05, 3.63) is 0 Å². The molecular weight excluding hydrogens is 160 g/mol. The number of Topliss-reactive ketones (excluding diaryl/α,β-unsaturated/α-hetero) is 1. The first-order valence-corrected chi connectivity index (χ1v) is 5.83. The van der Waals surface area contributed by atoms with Crippen LogP contribution in [0.3, 0.4) is 0 Å². The highest BCUT2D eigenvalue weighted by molar-refractivity contribution is 5.85. The van der Waals surface area contributed by atoms with Gasteiger partial charge in [0, 0.05) is 11.8 Å². The monoisotopic (exact) mass is 180 g/mol. The predicted molar refractivity (Wildman–Crippen MR) is 53.5 cm³/mol. The van der Waals surface area contributed by atoms with Gasteiger partial charge in [0.25, 0.3) is 0 Å². The largest absolute Gasteiger partial charge is 0.299 e. The van der Waals surface area contributed by atoms with Gasteiger partial charge >= 0.3 is 0 Å². The summed E-state index contributed by atoms with van der Waals surface area (Å²) >= 11 is 0. The van der Waals surface area contributed by atoms with E-state index >= 15 is 0 Å². The molecule has 0 saturated heterocycles. The SMILES string of the molecule is C[C@H](C(=O)C1CC1)C1CCCCC1. The highest BCUT2D eigenvalue weighted by Gasteiger charge is 2.36. The van der Waals surface area contributed by atoms with Gasteiger partial charge in [-0.2, -0.15) is 0 Å². The van der Waals surface area contributed by atoms with Crippen molar-refractivity contribution in [2.75, 3.05) is 0 Å². The fourth-order valence-corrected chi connectivity index (χ4v) is 2.61. The van der Waals surface area contributed by atoms with Crippen LogP contribution in [0, 0.1) is 17.8 Å². The van der Waals surface area contributed by atoms with Crippen molar-refractivity contribution in [1.29, 1.82) is 0 Å². The highest BCUT2D eigenvalue weighted by atomic mass is 16.1. The Morgan fingerprint density at radius 2 is 1.69 bits per heavy atom. The molecule has 2 aliphatic rings. The number of hydrogen-bond donors (Lipinski definition) is 0. The van der Waals surface area contributed by atoms with Crippen LogP contribution in [0.2, 0.25) is 0 Å². The molecule has 74 valence electrons. The van der Waals surface area contributed by atoms with Crippen molar-refractivity contribution < 1.29 is 4.79 Å². The van der Waals surface area contributed by atoms with Gasteiger partial charge in [-0.3, -0.25) is 4.79 Å². The zero-order valence-corrected chi connectivity index (χ0v) is 8.59. The molecule has 0 heterocycles. The van der Waals surface area contributed by atoms with Gasteiger partial charge < -0.3 is 0 Å². The summed E-state index contributed by atoms with van der Waals surface area (Å²) in [4.78, 5) is 11.8. The van der Waals surface area contributed by atoms with E-state index in [1.54, 1.807) is 0 Å². The van der Waals surface area contributed by atoms with E-state index in [1.807, 2.05) is 0 Å². The second kappa shape index (κ2) is 3.81. The average molecular weight is 180 g/mol. The minimum atomic E-state index is 0.368. The third-order valence-corrected chi connectivity index (χ3v) is 3.79. The van der Waals surface area contributed by atoms with Crippen LogP contribution in [0.4, 0.5) is 0 Å². The van der Waals surface area contributed by atoms with E-state index in [0.29, 0.717) is 17.6 Å². The topological polar surface area (TPSA) is 17.1 Å². The second-order valence-corrected chi connectivity index (χ2v) is 4.86. The first kappa shape index (κ1) is 9.23. The molecule has 0 radical (unpaired) electrons. The third kappa shape index (κ3) is 2.12. The van der Waals surface area contributed by atoms with Crippen LogP contribution in [0.5, 0.6) is 0 Å². The number of carbonyl (C=O) groups excluding carboxylic acids is 1. The van der Waals surface area contributed by atoms with Gasteiger partial charge in [-0.15, -0.1) is 0 Å². The molecule has 0 unspecified atom stereocenters. The van der Waals surface area contributed by atoms with E-state index in [4.69, 9.17) is 0 Å². The van der Waals surface area contributed by atoms with Crippen molar-refractivity contribution in [3.8, 4) is 0 Å². The van der Waals surface area contributed by atoms with Gasteiger partial charge in [-0.25, -0.2) is 0 Å². The van der Waals surface area contributed by atoms with Crippen molar-refractivity contribution in [3.63, 3.8) is 0 Å². The molecule has 1 atom stereocenters. The quantitative estimate of drug-likeness (QED) is 0.652. The predicted octanol–water partition coefficient (Wildman–Crippen LogP) is 3.18. The van der Waals surface area contributed by atoms with E-state index in [0.717, 1.165) is 5.92 Å². The van der Waals surface area contributed by atoms with E-state index in [2.05, 4.69) is 6.92 Å². The second-order valence-electron chi connectivity index (χ2n) is 4.86. The van der Waals surface area contributed by atoms with Crippen LogP contribution in [0.25, 0.3) is 0 Å². The van der Waals surface area contributed by atoms with Crippen LogP contribution in [-0.4, -0.2) is 5.78 Å². The maximum Gasteiger partial charge on any atom is 0.139 e. The Labute approximate surface area is 80.9 Å². The van der Waals surface area contributed by atoms with Crippen LogP contribution in [0.15, 0.2) is 0 Å². The Morgan fingerprint density at radius 3 is 2.23 bits per heavy atom. The molecule has 2 saturated carbocycles. The zero-order chi connectivity index (χ0) is 9.26. The molecule has 0 aromatic rings. The Morgan fingerprint density at radius 1 is 1.08 bits per heavy atom. The molecule has 1 heteroatoms. The fraction of sp³-hybridized carbons (Fsp3) is 0.917. The van der Waals surface area contributed by atoms with Crippen molar-refractivity contribution in [2.45, 2.75) is 51.9 Å². The molecule has 2 aliphatic carbocycles. The van der Waals surface area contributed by atoms with Crippen LogP contribution >= 0.6 is 0 Å². The summed E-state index contributed by atoms with van der Waals surface area (Å²) in [5.74, 6) is 2.14. The zero-order valence-electron chi connectivity index (χ0n) is 8.59. The maximum absolute atomic E-state index is 11.8. The minimum Gasteiger partial charge on any atom is -0.299 e. The third-order valence-electron chi connectivity index (χ3n) is 3.79. The summed E-state index contributed by atoms with van der Waals surface area (Å²) in [7, 11) is 0. The van der Waals surface area contributed by atoms with E-state index in [9.17, 15) is 4.79 Å². The summed E-state index contributed by atoms with van der Waals surface area (Å²) in [6.45, 7) is 2.16. The van der Waals surface area contributed by atoms with Gasteiger partial charge in [-0.1, -0.05) is 26.2 Å². The normalized spacial score (nSPS) is 27.2. The molecule has 0 bridgehead atoms. The van der Waals surface area contributed by atoms with Gasteiger partial charge in [-0.05, 0) is 31.6 Å². The molecule has 0 spiro atoms. The summed E-state index contributed by atoms with van der Waals surface area (Å²) in [6, 6.07) is 0. The van der Waals surface area contributed by atoms with E-state index < -0.39 is 0 Å². The summed E-state index contributed by atoms with van der Waals surface area (Å²) in [5.41, 5.74) is 0. The summed E-state index contributed by atoms with van der Waals surface area (Å²) in [6.07, 6.45) is 9.06. The van der Waals surface area contributed by atoms with Gasteiger partial charge in [0.1, 0.15) is 5.78 Å². The van der Waals surface area contributed by atoms with Crippen LogP contribution in [-0.2, 0) is 4.79 Å². The highest BCUT2D eigenvalue weighted by Crippen LogP contribution is 2.38. The number of ketones is 1. The molecule has 0 aromatic carbocycles. The lowest BCUT2D eigenvalue weighted by Crippen LogP contribution is -2.24. The van der Waals surface area contributed by atoms with E-state index in [1.165, 1.54) is 44.9 Å². The first-order chi connectivity index (χ1) is 6.29. The maximum atomic E-state index is 11.8. The number of hydrogen-bond acceptors (Lipinski definition) is 1. The Kier molecular flexibility index (Phi) is 2.71. The lowest BCUT2D eigenvalue weighted by molar-refractivity contribution is -0.125. The molecule has 0 N–H and O–H groups in total. The molecular formula is C12H20O. The summed E-state index contributed by atoms with van der Waals surface area (Å²) < 4.78 is 0. The van der Waals surface area contributed by atoms with E-state index in [-0.39, 0.29) is 0 Å². The van der Waals surface area contributed by atoms with Gasteiger partial charge in [0.15, 0.2) is 0 Å². The molecule has 0 amide bonds. The molecule has 0 aromatic heterocycles. The van der Waals surface area contributed by atoms with Crippen molar-refractivity contribution >= 4 is 5.78 Å². The lowest BCUT2D eigenvalue weighted by atomic mass is 9.78. The fourth-order valence-electron chi connectivity index (χ4n) is 2.61. The Balaban J connectivity index is 1.86. The standard InChI is InChI=1S/C12H20O/c1-9(12(13)11-7-8-11)10-5-3-2-4-6-10/h9-11H,2-8H2,1H3/t9-/m0/s1. The average Bonchev–Trinajstić information content (AvgIpc) is 3.00. The Bertz CT molecular complexity index is 187. The molecule has 13 heavy (non-hydrogen) atoms. The van der Waals surface area contributed by atoms with Gasteiger partial charge in [0.05, 0.1) is 0 Å². The minimum absolute atomic E-state index is 0.368. The van der Waals surface area contributed by atoms with Crippen LogP contribution < -0.4 is 0 Å². The molecule has 2 rings (SSSR count). The summed E-state index contributed by atoms with van der Waals surface area (Å²) in [5, 5.41) is 0.